The Kier molecular flexibility index (Phi) is 3.58. The number of amides is 1. The summed E-state index contributed by atoms with van der Waals surface area (Å²) in [4.78, 5) is 17.8. The zero-order valence-corrected chi connectivity index (χ0v) is 12.5. The van der Waals surface area contributed by atoms with Gasteiger partial charge in [-0.05, 0) is 18.9 Å². The SMILES string of the molecule is COc1cc(N2CCN(S(=O)(=O)C3CC3)CC2=O)ccn1. The van der Waals surface area contributed by atoms with E-state index in [0.717, 1.165) is 0 Å². The molecule has 1 saturated heterocycles. The van der Waals surface area contributed by atoms with Crippen molar-refractivity contribution in [2.45, 2.75) is 18.1 Å². The smallest absolute Gasteiger partial charge is 0.242 e. The molecule has 21 heavy (non-hydrogen) atoms. The Morgan fingerprint density at radius 3 is 2.71 bits per heavy atom. The number of nitrogens with zero attached hydrogens (tertiary/aromatic N) is 3. The molecule has 0 spiro atoms. The third-order valence-corrected chi connectivity index (χ3v) is 6.08. The van der Waals surface area contributed by atoms with E-state index in [4.69, 9.17) is 4.74 Å². The van der Waals surface area contributed by atoms with Gasteiger partial charge in [-0.3, -0.25) is 4.79 Å². The number of methoxy groups -OCH3 is 1. The Morgan fingerprint density at radius 1 is 1.33 bits per heavy atom. The van der Waals surface area contributed by atoms with Crippen LogP contribution in [0.5, 0.6) is 5.88 Å². The average Bonchev–Trinajstić information content (AvgIpc) is 3.32. The van der Waals surface area contributed by atoms with Gasteiger partial charge in [-0.25, -0.2) is 13.4 Å². The number of piperazine rings is 1. The predicted octanol–water partition coefficient (Wildman–Crippen LogP) is 0.231. The monoisotopic (exact) mass is 311 g/mol. The molecule has 3 rings (SSSR count). The van der Waals surface area contributed by atoms with Crippen LogP contribution in [0.15, 0.2) is 18.3 Å². The van der Waals surface area contributed by atoms with E-state index in [1.54, 1.807) is 23.2 Å². The fourth-order valence-electron chi connectivity index (χ4n) is 2.40. The normalized spacial score (nSPS) is 20.6. The third-order valence-electron chi connectivity index (χ3n) is 3.73. The third kappa shape index (κ3) is 2.73. The van der Waals surface area contributed by atoms with E-state index in [1.165, 1.54) is 11.4 Å². The van der Waals surface area contributed by atoms with Crippen LogP contribution >= 0.6 is 0 Å². The molecule has 0 radical (unpaired) electrons. The van der Waals surface area contributed by atoms with Crippen LogP contribution in [0.25, 0.3) is 0 Å². The van der Waals surface area contributed by atoms with E-state index in [0.29, 0.717) is 37.5 Å². The molecule has 0 atom stereocenters. The van der Waals surface area contributed by atoms with Crippen LogP contribution in [0.3, 0.4) is 0 Å². The van der Waals surface area contributed by atoms with Crippen molar-refractivity contribution in [2.75, 3.05) is 31.6 Å². The van der Waals surface area contributed by atoms with Gasteiger partial charge in [-0.2, -0.15) is 4.31 Å². The maximum atomic E-state index is 12.3. The van der Waals surface area contributed by atoms with Gasteiger partial charge < -0.3 is 9.64 Å². The summed E-state index contributed by atoms with van der Waals surface area (Å²) in [5.74, 6) is 0.201. The lowest BCUT2D eigenvalue weighted by Gasteiger charge is -2.33. The zero-order valence-electron chi connectivity index (χ0n) is 11.7. The highest BCUT2D eigenvalue weighted by Gasteiger charge is 2.42. The lowest BCUT2D eigenvalue weighted by atomic mass is 10.3. The van der Waals surface area contributed by atoms with Crippen molar-refractivity contribution in [3.05, 3.63) is 18.3 Å². The van der Waals surface area contributed by atoms with Gasteiger partial charge in [0.05, 0.1) is 24.6 Å². The first-order valence-corrected chi connectivity index (χ1v) is 8.32. The number of carbonyl (C=O) groups excluding carboxylic acids is 1. The molecule has 1 amide bonds. The number of aromatic nitrogens is 1. The molecule has 8 heteroatoms. The first kappa shape index (κ1) is 14.3. The maximum Gasteiger partial charge on any atom is 0.242 e. The van der Waals surface area contributed by atoms with Gasteiger partial charge in [0, 0.05) is 25.4 Å². The second-order valence-corrected chi connectivity index (χ2v) is 7.39. The molecule has 1 aromatic heterocycles. The van der Waals surface area contributed by atoms with Crippen molar-refractivity contribution in [1.29, 1.82) is 0 Å². The molecular weight excluding hydrogens is 294 g/mol. The van der Waals surface area contributed by atoms with E-state index in [9.17, 15) is 13.2 Å². The van der Waals surface area contributed by atoms with E-state index in [2.05, 4.69) is 4.98 Å². The summed E-state index contributed by atoms with van der Waals surface area (Å²) in [6.07, 6.45) is 2.98. The number of hydrogen-bond acceptors (Lipinski definition) is 5. The van der Waals surface area contributed by atoms with Gasteiger partial charge in [0.15, 0.2) is 0 Å². The molecule has 0 unspecified atom stereocenters. The summed E-state index contributed by atoms with van der Waals surface area (Å²) in [5.41, 5.74) is 0.676. The molecular formula is C13H17N3O4S. The molecule has 1 aliphatic heterocycles. The summed E-state index contributed by atoms with van der Waals surface area (Å²) in [7, 11) is -1.78. The van der Waals surface area contributed by atoms with Crippen LogP contribution in [0, 0.1) is 0 Å². The Balaban J connectivity index is 1.75. The molecule has 2 aliphatic rings. The topological polar surface area (TPSA) is 79.8 Å². The first-order valence-electron chi connectivity index (χ1n) is 6.82. The molecule has 2 fully saturated rings. The van der Waals surface area contributed by atoms with E-state index in [-0.39, 0.29) is 17.7 Å². The minimum atomic E-state index is -3.29. The minimum absolute atomic E-state index is 0.0938. The molecule has 7 nitrogen and oxygen atoms in total. The summed E-state index contributed by atoms with van der Waals surface area (Å²) in [5, 5.41) is -0.280. The number of hydrogen-bond donors (Lipinski definition) is 0. The van der Waals surface area contributed by atoms with Crippen LogP contribution in [-0.4, -0.2) is 55.6 Å². The van der Waals surface area contributed by atoms with Crippen LogP contribution < -0.4 is 9.64 Å². The first-order chi connectivity index (χ1) is 10.0. The van der Waals surface area contributed by atoms with Crippen molar-refractivity contribution in [2.24, 2.45) is 0 Å². The number of sulfonamides is 1. The van der Waals surface area contributed by atoms with Crippen LogP contribution in [0.4, 0.5) is 5.69 Å². The van der Waals surface area contributed by atoms with Crippen molar-refractivity contribution in [1.82, 2.24) is 9.29 Å². The molecule has 0 aromatic carbocycles. The lowest BCUT2D eigenvalue weighted by Crippen LogP contribution is -2.53. The van der Waals surface area contributed by atoms with Crippen molar-refractivity contribution in [3.63, 3.8) is 0 Å². The van der Waals surface area contributed by atoms with E-state index >= 15 is 0 Å². The Labute approximate surface area is 123 Å². The van der Waals surface area contributed by atoms with E-state index < -0.39 is 10.0 Å². The highest BCUT2D eigenvalue weighted by molar-refractivity contribution is 7.90. The van der Waals surface area contributed by atoms with Crippen LogP contribution in [0.2, 0.25) is 0 Å². The Morgan fingerprint density at radius 2 is 2.10 bits per heavy atom. The molecule has 1 aliphatic carbocycles. The Bertz CT molecular complexity index is 657. The molecule has 0 N–H and O–H groups in total. The molecule has 1 saturated carbocycles. The van der Waals surface area contributed by atoms with Crippen LogP contribution in [0.1, 0.15) is 12.8 Å². The fraction of sp³-hybridized carbons (Fsp3) is 0.538. The standard InChI is InChI=1S/C13H17N3O4S/c1-20-12-8-10(4-5-14-12)16-7-6-15(9-13(16)17)21(18,19)11-2-3-11/h4-5,8,11H,2-3,6-7,9H2,1H3. The number of rotatable bonds is 4. The molecule has 1 aromatic rings. The van der Waals surface area contributed by atoms with Crippen molar-refractivity contribution >= 4 is 21.6 Å². The largest absolute Gasteiger partial charge is 0.481 e. The maximum absolute atomic E-state index is 12.3. The number of anilines is 1. The van der Waals surface area contributed by atoms with Gasteiger partial charge in [-0.15, -0.1) is 0 Å². The van der Waals surface area contributed by atoms with Crippen molar-refractivity contribution < 1.29 is 17.9 Å². The second kappa shape index (κ2) is 5.27. The van der Waals surface area contributed by atoms with Gasteiger partial charge in [0.1, 0.15) is 0 Å². The van der Waals surface area contributed by atoms with Crippen LogP contribution in [-0.2, 0) is 14.8 Å². The van der Waals surface area contributed by atoms with Crippen molar-refractivity contribution in [3.8, 4) is 5.88 Å². The number of pyridine rings is 1. The average molecular weight is 311 g/mol. The van der Waals surface area contributed by atoms with Gasteiger partial charge >= 0.3 is 0 Å². The lowest BCUT2D eigenvalue weighted by molar-refractivity contribution is -0.119. The molecule has 0 bridgehead atoms. The van der Waals surface area contributed by atoms with Gasteiger partial charge in [0.25, 0.3) is 0 Å². The minimum Gasteiger partial charge on any atom is -0.481 e. The Hall–Kier alpha value is -1.67. The summed E-state index contributed by atoms with van der Waals surface area (Å²) >= 11 is 0. The highest BCUT2D eigenvalue weighted by atomic mass is 32.2. The number of carbonyl (C=O) groups is 1. The highest BCUT2D eigenvalue weighted by Crippen LogP contribution is 2.32. The molecule has 2 heterocycles. The molecule has 114 valence electrons. The van der Waals surface area contributed by atoms with Gasteiger partial charge in [-0.1, -0.05) is 0 Å². The second-order valence-electron chi connectivity index (χ2n) is 5.18. The summed E-state index contributed by atoms with van der Waals surface area (Å²) < 4.78 is 30.7. The van der Waals surface area contributed by atoms with E-state index in [1.807, 2.05) is 0 Å². The quantitative estimate of drug-likeness (QED) is 0.795. The zero-order chi connectivity index (χ0) is 15.0. The number of ether oxygens (including phenoxy) is 1. The summed E-state index contributed by atoms with van der Waals surface area (Å²) in [6, 6.07) is 3.38. The predicted molar refractivity (Wildman–Crippen MR) is 76.7 cm³/mol. The summed E-state index contributed by atoms with van der Waals surface area (Å²) in [6.45, 7) is 0.580. The van der Waals surface area contributed by atoms with Gasteiger partial charge in [0.2, 0.25) is 21.8 Å². The fourth-order valence-corrected chi connectivity index (χ4v) is 4.18.